The summed E-state index contributed by atoms with van der Waals surface area (Å²) in [4.78, 5) is 13.9. The number of nitrogens with zero attached hydrogens (tertiary/aromatic N) is 1. The summed E-state index contributed by atoms with van der Waals surface area (Å²) in [5.41, 5.74) is 0.672. The number of ether oxygens (including phenoxy) is 1. The Bertz CT molecular complexity index is 450. The largest absolute Gasteiger partial charge is 0.385 e. The Morgan fingerprint density at radius 3 is 2.89 bits per heavy atom. The van der Waals surface area contributed by atoms with Gasteiger partial charge in [-0.3, -0.25) is 4.79 Å². The molecule has 19 heavy (non-hydrogen) atoms. The Balaban J connectivity index is 1.88. The van der Waals surface area contributed by atoms with E-state index in [9.17, 15) is 9.18 Å². The molecule has 1 amide bonds. The maximum Gasteiger partial charge on any atom is 0.226 e. The summed E-state index contributed by atoms with van der Waals surface area (Å²) in [5, 5.41) is 0. The van der Waals surface area contributed by atoms with Crippen LogP contribution in [0.4, 0.5) is 4.39 Å². The van der Waals surface area contributed by atoms with Gasteiger partial charge >= 0.3 is 0 Å². The molecule has 0 spiro atoms. The van der Waals surface area contributed by atoms with Gasteiger partial charge in [-0.05, 0) is 30.4 Å². The molecule has 104 valence electrons. The number of carbonyl (C=O) groups is 1. The van der Waals surface area contributed by atoms with E-state index >= 15 is 0 Å². The first-order valence-corrected chi connectivity index (χ1v) is 6.63. The fraction of sp³-hybridized carbons (Fsp3) is 0.533. The van der Waals surface area contributed by atoms with Gasteiger partial charge in [0.15, 0.2) is 0 Å². The van der Waals surface area contributed by atoms with Crippen molar-refractivity contribution in [2.45, 2.75) is 18.8 Å². The smallest absolute Gasteiger partial charge is 0.226 e. The molecule has 0 aromatic heterocycles. The maximum atomic E-state index is 13.6. The predicted molar refractivity (Wildman–Crippen MR) is 71.4 cm³/mol. The quantitative estimate of drug-likeness (QED) is 0.739. The van der Waals surface area contributed by atoms with Crippen LogP contribution in [-0.2, 0) is 9.53 Å². The van der Waals surface area contributed by atoms with Gasteiger partial charge in [0.2, 0.25) is 5.91 Å². The van der Waals surface area contributed by atoms with Gasteiger partial charge in [-0.2, -0.15) is 0 Å². The third kappa shape index (κ3) is 3.32. The highest BCUT2D eigenvalue weighted by atomic mass is 19.1. The number of hydrogen-bond acceptors (Lipinski definition) is 2. The first kappa shape index (κ1) is 14.0. The Morgan fingerprint density at radius 2 is 2.21 bits per heavy atom. The van der Waals surface area contributed by atoms with Gasteiger partial charge in [0, 0.05) is 33.2 Å². The normalized spacial score (nSPS) is 21.2. The van der Waals surface area contributed by atoms with Crippen LogP contribution in [0, 0.1) is 11.7 Å². The standard InChI is InChI=1S/C15H20FNO2/c1-17(8-5-9-19-2)15(18)13-10-12(13)11-6-3-4-7-14(11)16/h3-4,6-7,12-13H,5,8-10H2,1-2H3. The zero-order valence-corrected chi connectivity index (χ0v) is 11.4. The monoisotopic (exact) mass is 265 g/mol. The molecule has 1 aliphatic carbocycles. The highest BCUT2D eigenvalue weighted by Crippen LogP contribution is 2.49. The molecule has 0 saturated heterocycles. The molecule has 1 aromatic carbocycles. The fourth-order valence-electron chi connectivity index (χ4n) is 2.43. The molecule has 1 aliphatic rings. The van der Waals surface area contributed by atoms with Gasteiger partial charge in [0.05, 0.1) is 0 Å². The van der Waals surface area contributed by atoms with E-state index in [4.69, 9.17) is 4.74 Å². The second-order valence-corrected chi connectivity index (χ2v) is 5.08. The number of methoxy groups -OCH3 is 1. The molecule has 1 saturated carbocycles. The Kier molecular flexibility index (Phi) is 4.53. The molecule has 0 radical (unpaired) electrons. The second-order valence-electron chi connectivity index (χ2n) is 5.08. The van der Waals surface area contributed by atoms with Crippen molar-refractivity contribution in [3.8, 4) is 0 Å². The van der Waals surface area contributed by atoms with Crippen LogP contribution >= 0.6 is 0 Å². The van der Waals surface area contributed by atoms with E-state index in [0.717, 1.165) is 12.8 Å². The Hall–Kier alpha value is -1.42. The Morgan fingerprint density at radius 1 is 1.47 bits per heavy atom. The summed E-state index contributed by atoms with van der Waals surface area (Å²) >= 11 is 0. The molecular weight excluding hydrogens is 245 g/mol. The minimum Gasteiger partial charge on any atom is -0.385 e. The van der Waals surface area contributed by atoms with Crippen LogP contribution < -0.4 is 0 Å². The molecule has 0 N–H and O–H groups in total. The highest BCUT2D eigenvalue weighted by molar-refractivity contribution is 5.82. The van der Waals surface area contributed by atoms with Gasteiger partial charge in [-0.1, -0.05) is 18.2 Å². The minimum absolute atomic E-state index is 0.0514. The van der Waals surface area contributed by atoms with Crippen LogP contribution in [0.5, 0.6) is 0 Å². The number of halogens is 1. The lowest BCUT2D eigenvalue weighted by Gasteiger charge is -2.17. The van der Waals surface area contributed by atoms with E-state index < -0.39 is 0 Å². The summed E-state index contributed by atoms with van der Waals surface area (Å²) in [6.07, 6.45) is 1.59. The minimum atomic E-state index is -0.204. The molecule has 0 aliphatic heterocycles. The number of carbonyl (C=O) groups excluding carboxylic acids is 1. The molecule has 0 bridgehead atoms. The lowest BCUT2D eigenvalue weighted by atomic mass is 10.1. The Labute approximate surface area is 113 Å². The number of benzene rings is 1. The van der Waals surface area contributed by atoms with Crippen LogP contribution in [-0.4, -0.2) is 38.1 Å². The number of rotatable bonds is 6. The summed E-state index contributed by atoms with van der Waals surface area (Å²) in [5.74, 6) is -0.0859. The molecule has 1 fully saturated rings. The number of amides is 1. The molecule has 4 heteroatoms. The first-order chi connectivity index (χ1) is 9.15. The molecule has 0 heterocycles. The third-order valence-corrected chi connectivity index (χ3v) is 3.63. The highest BCUT2D eigenvalue weighted by Gasteiger charge is 2.46. The fourth-order valence-corrected chi connectivity index (χ4v) is 2.43. The topological polar surface area (TPSA) is 29.5 Å². The molecular formula is C15H20FNO2. The van der Waals surface area contributed by atoms with Crippen LogP contribution in [0.15, 0.2) is 24.3 Å². The van der Waals surface area contributed by atoms with Gasteiger partial charge in [0.1, 0.15) is 5.82 Å². The summed E-state index contributed by atoms with van der Waals surface area (Å²) in [6, 6.07) is 6.73. The van der Waals surface area contributed by atoms with E-state index in [-0.39, 0.29) is 23.6 Å². The molecule has 2 rings (SSSR count). The van der Waals surface area contributed by atoms with E-state index in [2.05, 4.69) is 0 Å². The number of hydrogen-bond donors (Lipinski definition) is 0. The van der Waals surface area contributed by atoms with Crippen molar-refractivity contribution in [1.82, 2.24) is 4.90 Å². The van der Waals surface area contributed by atoms with Crippen LogP contribution in [0.1, 0.15) is 24.3 Å². The van der Waals surface area contributed by atoms with Crippen molar-refractivity contribution in [2.24, 2.45) is 5.92 Å². The van der Waals surface area contributed by atoms with Crippen molar-refractivity contribution in [1.29, 1.82) is 0 Å². The molecule has 1 aromatic rings. The first-order valence-electron chi connectivity index (χ1n) is 6.63. The van der Waals surface area contributed by atoms with E-state index in [1.165, 1.54) is 6.07 Å². The van der Waals surface area contributed by atoms with E-state index in [1.54, 1.807) is 31.2 Å². The maximum absolute atomic E-state index is 13.6. The van der Waals surface area contributed by atoms with Gasteiger partial charge in [-0.15, -0.1) is 0 Å². The van der Waals surface area contributed by atoms with E-state index in [0.29, 0.717) is 18.7 Å². The SMILES string of the molecule is COCCCN(C)C(=O)C1CC1c1ccccc1F. The molecule has 3 nitrogen and oxygen atoms in total. The average molecular weight is 265 g/mol. The lowest BCUT2D eigenvalue weighted by Crippen LogP contribution is -2.30. The van der Waals surface area contributed by atoms with Gasteiger partial charge < -0.3 is 9.64 Å². The van der Waals surface area contributed by atoms with Crippen LogP contribution in [0.25, 0.3) is 0 Å². The van der Waals surface area contributed by atoms with Crippen molar-refractivity contribution >= 4 is 5.91 Å². The van der Waals surface area contributed by atoms with Crippen molar-refractivity contribution < 1.29 is 13.9 Å². The summed E-state index contributed by atoms with van der Waals surface area (Å²) in [6.45, 7) is 1.34. The summed E-state index contributed by atoms with van der Waals surface area (Å²) in [7, 11) is 3.45. The molecule has 2 atom stereocenters. The van der Waals surface area contributed by atoms with Crippen molar-refractivity contribution in [3.63, 3.8) is 0 Å². The zero-order valence-electron chi connectivity index (χ0n) is 11.4. The lowest BCUT2D eigenvalue weighted by molar-refractivity contribution is -0.131. The van der Waals surface area contributed by atoms with Crippen LogP contribution in [0.2, 0.25) is 0 Å². The third-order valence-electron chi connectivity index (χ3n) is 3.63. The predicted octanol–water partition coefficient (Wildman–Crippen LogP) is 2.42. The average Bonchev–Trinajstić information content (AvgIpc) is 3.18. The van der Waals surface area contributed by atoms with Crippen molar-refractivity contribution in [3.05, 3.63) is 35.6 Å². The van der Waals surface area contributed by atoms with Crippen molar-refractivity contribution in [2.75, 3.05) is 27.3 Å². The van der Waals surface area contributed by atoms with Gasteiger partial charge in [0.25, 0.3) is 0 Å². The molecule has 2 unspecified atom stereocenters. The zero-order chi connectivity index (χ0) is 13.8. The second kappa shape index (κ2) is 6.15. The van der Waals surface area contributed by atoms with E-state index in [1.807, 2.05) is 6.07 Å². The van der Waals surface area contributed by atoms with Gasteiger partial charge in [-0.25, -0.2) is 4.39 Å². The van der Waals surface area contributed by atoms with Crippen LogP contribution in [0.3, 0.4) is 0 Å². The summed E-state index contributed by atoms with van der Waals surface area (Å²) < 4.78 is 18.6.